The first-order chi connectivity index (χ1) is 8.49. The highest BCUT2D eigenvalue weighted by atomic mass is 16.6. The Kier molecular flexibility index (Phi) is 2.88. The predicted molar refractivity (Wildman–Crippen MR) is 65.5 cm³/mol. The Hall–Kier alpha value is -2.57. The standard InChI is InChI=1S/C11H12N4O3/c1-7-10(15(16)17)11(14(2)13-7)18-9-5-3-4-8(12)6-9/h3-6H,12H2,1-2H3. The third kappa shape index (κ3) is 2.10. The molecule has 0 amide bonds. The van der Waals surface area contributed by atoms with Crippen molar-refractivity contribution < 1.29 is 9.66 Å². The van der Waals surface area contributed by atoms with Crippen LogP contribution in [0.5, 0.6) is 11.6 Å². The molecule has 0 fully saturated rings. The van der Waals surface area contributed by atoms with Crippen LogP contribution in [0.4, 0.5) is 11.4 Å². The van der Waals surface area contributed by atoms with Crippen LogP contribution in [0.15, 0.2) is 24.3 Å². The highest BCUT2D eigenvalue weighted by molar-refractivity contribution is 5.50. The van der Waals surface area contributed by atoms with Crippen LogP contribution in [0.3, 0.4) is 0 Å². The van der Waals surface area contributed by atoms with Gasteiger partial charge in [0.1, 0.15) is 11.4 Å². The Morgan fingerprint density at radius 1 is 1.50 bits per heavy atom. The topological polar surface area (TPSA) is 96.2 Å². The molecule has 2 aromatic rings. The summed E-state index contributed by atoms with van der Waals surface area (Å²) >= 11 is 0. The Morgan fingerprint density at radius 3 is 2.83 bits per heavy atom. The lowest BCUT2D eigenvalue weighted by Crippen LogP contribution is -1.98. The number of nitrogens with zero attached hydrogens (tertiary/aromatic N) is 3. The van der Waals surface area contributed by atoms with Crippen LogP contribution < -0.4 is 10.5 Å². The second kappa shape index (κ2) is 4.36. The molecule has 0 aliphatic heterocycles. The van der Waals surface area contributed by atoms with Crippen molar-refractivity contribution >= 4 is 11.4 Å². The Morgan fingerprint density at radius 2 is 2.22 bits per heavy atom. The summed E-state index contributed by atoms with van der Waals surface area (Å²) in [6.07, 6.45) is 0. The summed E-state index contributed by atoms with van der Waals surface area (Å²) < 4.78 is 6.81. The molecule has 0 unspecified atom stereocenters. The first-order valence-electron chi connectivity index (χ1n) is 5.20. The lowest BCUT2D eigenvalue weighted by molar-refractivity contribution is -0.386. The van der Waals surface area contributed by atoms with E-state index >= 15 is 0 Å². The van der Waals surface area contributed by atoms with Gasteiger partial charge in [-0.15, -0.1) is 0 Å². The predicted octanol–water partition coefficient (Wildman–Crippen LogP) is 2.01. The summed E-state index contributed by atoms with van der Waals surface area (Å²) in [5.41, 5.74) is 6.31. The van der Waals surface area contributed by atoms with Crippen molar-refractivity contribution in [1.82, 2.24) is 9.78 Å². The summed E-state index contributed by atoms with van der Waals surface area (Å²) in [5, 5.41) is 14.9. The number of nitrogens with two attached hydrogens (primary N) is 1. The van der Waals surface area contributed by atoms with Crippen molar-refractivity contribution in [3.63, 3.8) is 0 Å². The van der Waals surface area contributed by atoms with E-state index in [4.69, 9.17) is 10.5 Å². The monoisotopic (exact) mass is 248 g/mol. The normalized spacial score (nSPS) is 10.3. The third-order valence-corrected chi connectivity index (χ3v) is 2.39. The Balaban J connectivity index is 2.43. The molecule has 0 bridgehead atoms. The molecule has 94 valence electrons. The molecule has 2 N–H and O–H groups in total. The second-order valence-corrected chi connectivity index (χ2v) is 3.79. The molecule has 18 heavy (non-hydrogen) atoms. The van der Waals surface area contributed by atoms with Crippen molar-refractivity contribution in [3.8, 4) is 11.6 Å². The largest absolute Gasteiger partial charge is 0.434 e. The summed E-state index contributed by atoms with van der Waals surface area (Å²) in [4.78, 5) is 10.5. The van der Waals surface area contributed by atoms with E-state index in [1.54, 1.807) is 38.2 Å². The number of rotatable bonds is 3. The number of nitro groups is 1. The summed E-state index contributed by atoms with van der Waals surface area (Å²) in [6, 6.07) is 6.67. The zero-order valence-electron chi connectivity index (χ0n) is 9.95. The van der Waals surface area contributed by atoms with Gasteiger partial charge in [-0.1, -0.05) is 6.07 Å². The SMILES string of the molecule is Cc1nn(C)c(Oc2cccc(N)c2)c1[N+](=O)[O-]. The zero-order chi connectivity index (χ0) is 13.3. The maximum Gasteiger partial charge on any atom is 0.353 e. The van der Waals surface area contributed by atoms with Gasteiger partial charge in [-0.05, 0) is 19.1 Å². The van der Waals surface area contributed by atoms with Crippen LogP contribution in [-0.2, 0) is 7.05 Å². The smallest absolute Gasteiger partial charge is 0.353 e. The molecule has 2 rings (SSSR count). The van der Waals surface area contributed by atoms with E-state index in [9.17, 15) is 10.1 Å². The number of aryl methyl sites for hydroxylation is 2. The molecule has 1 aromatic carbocycles. The van der Waals surface area contributed by atoms with Crippen LogP contribution in [0.25, 0.3) is 0 Å². The molecule has 0 saturated carbocycles. The zero-order valence-corrected chi connectivity index (χ0v) is 9.95. The third-order valence-electron chi connectivity index (χ3n) is 2.39. The van der Waals surface area contributed by atoms with Gasteiger partial charge >= 0.3 is 5.69 Å². The van der Waals surface area contributed by atoms with E-state index in [0.717, 1.165) is 0 Å². The van der Waals surface area contributed by atoms with Gasteiger partial charge in [0.15, 0.2) is 0 Å². The molecular weight excluding hydrogens is 236 g/mol. The molecular formula is C11H12N4O3. The van der Waals surface area contributed by atoms with Gasteiger partial charge < -0.3 is 10.5 Å². The highest BCUT2D eigenvalue weighted by Crippen LogP contribution is 2.33. The van der Waals surface area contributed by atoms with Gasteiger partial charge in [-0.3, -0.25) is 10.1 Å². The summed E-state index contributed by atoms with van der Waals surface area (Å²) in [7, 11) is 1.58. The number of anilines is 1. The summed E-state index contributed by atoms with van der Waals surface area (Å²) in [5.74, 6) is 0.518. The Labute approximate surface area is 103 Å². The van der Waals surface area contributed by atoms with E-state index in [-0.39, 0.29) is 11.6 Å². The van der Waals surface area contributed by atoms with Crippen molar-refractivity contribution in [1.29, 1.82) is 0 Å². The maximum absolute atomic E-state index is 11.0. The number of nitrogen functional groups attached to an aromatic ring is 1. The van der Waals surface area contributed by atoms with E-state index in [0.29, 0.717) is 17.1 Å². The second-order valence-electron chi connectivity index (χ2n) is 3.79. The van der Waals surface area contributed by atoms with Crippen LogP contribution in [0.2, 0.25) is 0 Å². The van der Waals surface area contributed by atoms with Crippen molar-refractivity contribution in [2.24, 2.45) is 7.05 Å². The summed E-state index contributed by atoms with van der Waals surface area (Å²) in [6.45, 7) is 1.56. The average Bonchev–Trinajstić information content (AvgIpc) is 2.53. The van der Waals surface area contributed by atoms with Gasteiger partial charge in [0.05, 0.1) is 4.92 Å². The molecule has 1 heterocycles. The van der Waals surface area contributed by atoms with Gasteiger partial charge in [0.2, 0.25) is 0 Å². The molecule has 0 saturated heterocycles. The lowest BCUT2D eigenvalue weighted by atomic mass is 10.3. The Bertz CT molecular complexity index is 606. The number of hydrogen-bond acceptors (Lipinski definition) is 5. The minimum atomic E-state index is -0.510. The first kappa shape index (κ1) is 11.9. The maximum atomic E-state index is 11.0. The van der Waals surface area contributed by atoms with Gasteiger partial charge in [-0.25, -0.2) is 4.68 Å². The minimum absolute atomic E-state index is 0.0862. The lowest BCUT2D eigenvalue weighted by Gasteiger charge is -2.05. The number of hydrogen-bond donors (Lipinski definition) is 1. The van der Waals surface area contributed by atoms with Crippen molar-refractivity contribution in [3.05, 3.63) is 40.1 Å². The fourth-order valence-corrected chi connectivity index (χ4v) is 1.64. The van der Waals surface area contributed by atoms with Crippen LogP contribution in [-0.4, -0.2) is 14.7 Å². The van der Waals surface area contributed by atoms with Crippen LogP contribution >= 0.6 is 0 Å². The fraction of sp³-hybridized carbons (Fsp3) is 0.182. The van der Waals surface area contributed by atoms with Gasteiger partial charge in [0, 0.05) is 18.8 Å². The highest BCUT2D eigenvalue weighted by Gasteiger charge is 2.26. The molecule has 1 aromatic heterocycles. The first-order valence-corrected chi connectivity index (χ1v) is 5.20. The van der Waals surface area contributed by atoms with Gasteiger partial charge in [0.25, 0.3) is 5.88 Å². The van der Waals surface area contributed by atoms with Crippen LogP contribution in [0.1, 0.15) is 5.69 Å². The van der Waals surface area contributed by atoms with E-state index in [2.05, 4.69) is 5.10 Å². The van der Waals surface area contributed by atoms with Crippen molar-refractivity contribution in [2.75, 3.05) is 5.73 Å². The van der Waals surface area contributed by atoms with Crippen molar-refractivity contribution in [2.45, 2.75) is 6.92 Å². The molecule has 0 radical (unpaired) electrons. The average molecular weight is 248 g/mol. The molecule has 0 aliphatic carbocycles. The molecule has 0 aliphatic rings. The fourth-order valence-electron chi connectivity index (χ4n) is 1.64. The number of aromatic nitrogens is 2. The number of benzene rings is 1. The molecule has 0 spiro atoms. The molecule has 0 atom stereocenters. The molecule has 7 nitrogen and oxygen atoms in total. The molecule has 7 heteroatoms. The minimum Gasteiger partial charge on any atom is -0.434 e. The van der Waals surface area contributed by atoms with E-state index in [1.807, 2.05) is 0 Å². The van der Waals surface area contributed by atoms with E-state index < -0.39 is 4.92 Å². The van der Waals surface area contributed by atoms with E-state index in [1.165, 1.54) is 4.68 Å². The quantitative estimate of drug-likeness (QED) is 0.509. The van der Waals surface area contributed by atoms with Gasteiger partial charge in [-0.2, -0.15) is 5.10 Å². The number of ether oxygens (including phenoxy) is 1. The van der Waals surface area contributed by atoms with Crippen LogP contribution in [0, 0.1) is 17.0 Å².